The Morgan fingerprint density at radius 3 is 2.73 bits per heavy atom. The highest BCUT2D eigenvalue weighted by Crippen LogP contribution is 2.16. The smallest absolute Gasteiger partial charge is 0.128 e. The van der Waals surface area contributed by atoms with Crippen molar-refractivity contribution in [2.45, 2.75) is 13.0 Å². The number of anilines is 1. The number of aliphatic hydroxyl groups excluding tert-OH is 1. The fourth-order valence-electron chi connectivity index (χ4n) is 1.19. The van der Waals surface area contributed by atoms with Gasteiger partial charge >= 0.3 is 0 Å². The molecule has 0 saturated heterocycles. The largest absolute Gasteiger partial charge is 0.395 e. The van der Waals surface area contributed by atoms with Crippen LogP contribution in [0.25, 0.3) is 0 Å². The number of nitrogen functional groups attached to an aromatic ring is 1. The Bertz CT molecular complexity index is 273. The van der Waals surface area contributed by atoms with Crippen molar-refractivity contribution in [2.75, 3.05) is 18.9 Å². The molecule has 0 aromatic carbocycles. The first-order chi connectivity index (χ1) is 6.25. The van der Waals surface area contributed by atoms with E-state index in [0.29, 0.717) is 12.4 Å². The van der Waals surface area contributed by atoms with E-state index >= 15 is 0 Å². The molecule has 88 valence electrons. The summed E-state index contributed by atoms with van der Waals surface area (Å²) in [7, 11) is 0. The Balaban J connectivity index is 0. The molecule has 0 aliphatic heterocycles. The van der Waals surface area contributed by atoms with E-state index in [1.807, 2.05) is 19.1 Å². The number of halogens is 2. The Morgan fingerprint density at radius 1 is 1.53 bits per heavy atom. The number of rotatable bonds is 4. The maximum atomic E-state index is 8.62. The quantitative estimate of drug-likeness (QED) is 0.753. The van der Waals surface area contributed by atoms with Crippen LogP contribution in [0.5, 0.6) is 0 Å². The third kappa shape index (κ3) is 5.18. The second-order valence-corrected chi connectivity index (χ2v) is 2.88. The van der Waals surface area contributed by atoms with Crippen LogP contribution < -0.4 is 11.1 Å². The molecule has 0 bridgehead atoms. The first kappa shape index (κ1) is 16.9. The number of hydrogen-bond donors (Lipinski definition) is 3. The lowest BCUT2D eigenvalue weighted by molar-refractivity contribution is 0.286. The van der Waals surface area contributed by atoms with E-state index < -0.39 is 0 Å². The molecule has 0 spiro atoms. The van der Waals surface area contributed by atoms with Gasteiger partial charge < -0.3 is 16.2 Å². The summed E-state index contributed by atoms with van der Waals surface area (Å²) in [5.74, 6) is 0.542. The molecule has 0 aliphatic carbocycles. The van der Waals surface area contributed by atoms with Gasteiger partial charge in [-0.25, -0.2) is 4.98 Å². The van der Waals surface area contributed by atoms with Crippen molar-refractivity contribution in [3.63, 3.8) is 0 Å². The fourth-order valence-corrected chi connectivity index (χ4v) is 1.19. The standard InChI is InChI=1S/C9H15N3O.2ClH/c1-7(11-5-6-13)8-3-2-4-12-9(8)10;;/h2-4,7,11,13H,5-6H2,1H3,(H2,10,12);2*1H. The molecule has 0 saturated carbocycles. The monoisotopic (exact) mass is 253 g/mol. The zero-order chi connectivity index (χ0) is 9.68. The maximum absolute atomic E-state index is 8.62. The molecule has 4 nitrogen and oxygen atoms in total. The minimum absolute atomic E-state index is 0. The molecule has 4 N–H and O–H groups in total. The third-order valence-electron chi connectivity index (χ3n) is 1.90. The molecule has 0 aliphatic rings. The van der Waals surface area contributed by atoms with Crippen molar-refractivity contribution < 1.29 is 5.11 Å². The van der Waals surface area contributed by atoms with Gasteiger partial charge in [0.05, 0.1) is 6.61 Å². The molecule has 0 radical (unpaired) electrons. The van der Waals surface area contributed by atoms with Gasteiger partial charge in [0.2, 0.25) is 0 Å². The van der Waals surface area contributed by atoms with E-state index in [-0.39, 0.29) is 37.5 Å². The Labute approximate surface area is 102 Å². The van der Waals surface area contributed by atoms with E-state index in [1.54, 1.807) is 6.20 Å². The number of nitrogens with zero attached hydrogens (tertiary/aromatic N) is 1. The molecule has 1 aromatic heterocycles. The van der Waals surface area contributed by atoms with Crippen molar-refractivity contribution in [1.82, 2.24) is 10.3 Å². The van der Waals surface area contributed by atoms with Crippen molar-refractivity contribution in [3.8, 4) is 0 Å². The summed E-state index contributed by atoms with van der Waals surface area (Å²) in [6.07, 6.45) is 1.66. The zero-order valence-electron chi connectivity index (χ0n) is 8.51. The Kier molecular flexibility index (Phi) is 9.82. The predicted molar refractivity (Wildman–Crippen MR) is 66.6 cm³/mol. The number of nitrogens with one attached hydrogen (secondary N) is 1. The molecular weight excluding hydrogens is 237 g/mol. The van der Waals surface area contributed by atoms with Crippen LogP contribution in [0, 0.1) is 0 Å². The van der Waals surface area contributed by atoms with E-state index in [0.717, 1.165) is 5.56 Å². The van der Waals surface area contributed by atoms with Crippen molar-refractivity contribution in [1.29, 1.82) is 0 Å². The number of hydrogen-bond acceptors (Lipinski definition) is 4. The molecule has 1 aromatic rings. The summed E-state index contributed by atoms with van der Waals surface area (Å²) in [6.45, 7) is 2.68. The topological polar surface area (TPSA) is 71.2 Å². The van der Waals surface area contributed by atoms with Gasteiger partial charge in [0.15, 0.2) is 0 Å². The van der Waals surface area contributed by atoms with Gasteiger partial charge in [-0.2, -0.15) is 0 Å². The molecular formula is C9H17Cl2N3O. The fraction of sp³-hybridized carbons (Fsp3) is 0.444. The number of aromatic nitrogens is 1. The first-order valence-corrected chi connectivity index (χ1v) is 4.30. The summed E-state index contributed by atoms with van der Waals surface area (Å²) in [5, 5.41) is 11.7. The van der Waals surface area contributed by atoms with Gasteiger partial charge in [-0.3, -0.25) is 0 Å². The maximum Gasteiger partial charge on any atom is 0.128 e. The average Bonchev–Trinajstić information content (AvgIpc) is 2.15. The lowest BCUT2D eigenvalue weighted by Gasteiger charge is -2.14. The van der Waals surface area contributed by atoms with Crippen molar-refractivity contribution in [3.05, 3.63) is 23.9 Å². The van der Waals surface area contributed by atoms with E-state index in [1.165, 1.54) is 0 Å². The number of pyridine rings is 1. The van der Waals surface area contributed by atoms with Crippen LogP contribution in [-0.2, 0) is 0 Å². The lowest BCUT2D eigenvalue weighted by Crippen LogP contribution is -2.23. The summed E-state index contributed by atoms with van der Waals surface area (Å²) in [5.41, 5.74) is 6.65. The van der Waals surface area contributed by atoms with Crippen molar-refractivity contribution >= 4 is 30.6 Å². The molecule has 15 heavy (non-hydrogen) atoms. The van der Waals surface area contributed by atoms with Gasteiger partial charge in [0.1, 0.15) is 5.82 Å². The summed E-state index contributed by atoms with van der Waals surface area (Å²) in [6, 6.07) is 3.90. The van der Waals surface area contributed by atoms with Gasteiger partial charge in [-0.05, 0) is 13.0 Å². The lowest BCUT2D eigenvalue weighted by atomic mass is 10.1. The van der Waals surface area contributed by atoms with Crippen LogP contribution in [0.4, 0.5) is 5.82 Å². The van der Waals surface area contributed by atoms with Gasteiger partial charge in [0, 0.05) is 24.3 Å². The highest BCUT2D eigenvalue weighted by Gasteiger charge is 2.07. The van der Waals surface area contributed by atoms with Crippen molar-refractivity contribution in [2.24, 2.45) is 0 Å². The van der Waals surface area contributed by atoms with Crippen LogP contribution in [-0.4, -0.2) is 23.2 Å². The van der Waals surface area contributed by atoms with Gasteiger partial charge in [0.25, 0.3) is 0 Å². The minimum Gasteiger partial charge on any atom is -0.395 e. The van der Waals surface area contributed by atoms with E-state index in [4.69, 9.17) is 10.8 Å². The van der Waals surface area contributed by atoms with Crippen LogP contribution in [0.3, 0.4) is 0 Å². The molecule has 6 heteroatoms. The Morgan fingerprint density at radius 2 is 2.20 bits per heavy atom. The predicted octanol–water partition coefficient (Wildman–Crippen LogP) is 1.15. The summed E-state index contributed by atoms with van der Waals surface area (Å²) >= 11 is 0. The van der Waals surface area contributed by atoms with E-state index in [2.05, 4.69) is 10.3 Å². The average molecular weight is 254 g/mol. The second kappa shape index (κ2) is 8.73. The molecule has 1 rings (SSSR count). The van der Waals surface area contributed by atoms with Gasteiger partial charge in [-0.15, -0.1) is 24.8 Å². The molecule has 1 atom stereocenters. The summed E-state index contributed by atoms with van der Waals surface area (Å²) < 4.78 is 0. The molecule has 1 heterocycles. The number of nitrogens with two attached hydrogens (primary N) is 1. The minimum atomic E-state index is 0. The third-order valence-corrected chi connectivity index (χ3v) is 1.90. The second-order valence-electron chi connectivity index (χ2n) is 2.88. The van der Waals surface area contributed by atoms with Gasteiger partial charge in [-0.1, -0.05) is 6.07 Å². The first-order valence-electron chi connectivity index (χ1n) is 4.30. The number of aliphatic hydroxyl groups is 1. The Hall–Kier alpha value is -0.550. The highest BCUT2D eigenvalue weighted by molar-refractivity contribution is 5.85. The van der Waals surface area contributed by atoms with E-state index in [9.17, 15) is 0 Å². The molecule has 1 unspecified atom stereocenters. The van der Waals surface area contributed by atoms with Crippen LogP contribution in [0.2, 0.25) is 0 Å². The zero-order valence-corrected chi connectivity index (χ0v) is 10.1. The highest BCUT2D eigenvalue weighted by atomic mass is 35.5. The summed E-state index contributed by atoms with van der Waals surface area (Å²) in [4.78, 5) is 3.98. The van der Waals surface area contributed by atoms with Crippen LogP contribution in [0.15, 0.2) is 18.3 Å². The molecule has 0 amide bonds. The SMILES string of the molecule is CC(NCCO)c1cccnc1N.Cl.Cl. The molecule has 0 fully saturated rings. The normalized spacial score (nSPS) is 11.1. The van der Waals surface area contributed by atoms with Crippen LogP contribution in [0.1, 0.15) is 18.5 Å². The van der Waals surface area contributed by atoms with Crippen LogP contribution >= 0.6 is 24.8 Å².